The third-order valence-corrected chi connectivity index (χ3v) is 2.56. The summed E-state index contributed by atoms with van der Waals surface area (Å²) in [6.45, 7) is 2.44. The van der Waals surface area contributed by atoms with E-state index in [-0.39, 0.29) is 11.8 Å². The Balaban J connectivity index is 1.96. The summed E-state index contributed by atoms with van der Waals surface area (Å²) in [5, 5.41) is 8.67. The first kappa shape index (κ1) is 10.2. The van der Waals surface area contributed by atoms with Gasteiger partial charge in [-0.3, -0.25) is 4.90 Å². The number of nitrogens with zero attached hydrogens (tertiary/aromatic N) is 1. The molecule has 1 aliphatic rings. The fourth-order valence-corrected chi connectivity index (χ4v) is 1.80. The predicted octanol–water partition coefficient (Wildman–Crippen LogP) is 0.511. The van der Waals surface area contributed by atoms with Crippen molar-refractivity contribution in [1.29, 1.82) is 0 Å². The first-order valence-electron chi connectivity index (χ1n) is 4.95. The zero-order chi connectivity index (χ0) is 10.8. The number of carboxylic acids is 1. The van der Waals surface area contributed by atoms with E-state index < -0.39 is 5.97 Å². The van der Waals surface area contributed by atoms with Gasteiger partial charge in [-0.1, -0.05) is 0 Å². The molecule has 3 N–H and O–H groups in total. The van der Waals surface area contributed by atoms with Gasteiger partial charge in [0.25, 0.3) is 0 Å². The molecule has 15 heavy (non-hydrogen) atoms. The van der Waals surface area contributed by atoms with Gasteiger partial charge >= 0.3 is 5.97 Å². The largest absolute Gasteiger partial charge is 0.475 e. The van der Waals surface area contributed by atoms with Crippen LogP contribution in [-0.2, 0) is 6.54 Å². The highest BCUT2D eigenvalue weighted by Crippen LogP contribution is 2.14. The molecule has 0 spiro atoms. The Bertz CT molecular complexity index is 361. The lowest BCUT2D eigenvalue weighted by atomic mass is 10.3. The second kappa shape index (κ2) is 4.04. The lowest BCUT2D eigenvalue weighted by Crippen LogP contribution is -2.26. The number of hydrogen-bond acceptors (Lipinski definition) is 4. The van der Waals surface area contributed by atoms with E-state index in [1.54, 1.807) is 6.07 Å². The number of rotatable bonds is 3. The van der Waals surface area contributed by atoms with Gasteiger partial charge in [0, 0.05) is 19.1 Å². The van der Waals surface area contributed by atoms with Crippen LogP contribution in [0, 0.1) is 0 Å². The van der Waals surface area contributed by atoms with Crippen molar-refractivity contribution in [2.45, 2.75) is 19.0 Å². The lowest BCUT2D eigenvalue weighted by molar-refractivity contribution is 0.0658. The van der Waals surface area contributed by atoms with Crippen molar-refractivity contribution in [2.24, 2.45) is 5.73 Å². The molecular weight excluding hydrogens is 196 g/mol. The molecule has 82 valence electrons. The Morgan fingerprint density at radius 2 is 2.47 bits per heavy atom. The molecule has 1 aromatic rings. The van der Waals surface area contributed by atoms with Crippen molar-refractivity contribution in [1.82, 2.24) is 4.90 Å². The number of furan rings is 1. The molecule has 1 aliphatic heterocycles. The Morgan fingerprint density at radius 1 is 1.67 bits per heavy atom. The number of likely N-dealkylation sites (tertiary alicyclic amines) is 1. The van der Waals surface area contributed by atoms with E-state index in [0.717, 1.165) is 19.5 Å². The normalized spacial score (nSPS) is 22.1. The molecule has 1 atom stereocenters. The zero-order valence-corrected chi connectivity index (χ0v) is 8.35. The molecule has 1 saturated heterocycles. The molecule has 5 nitrogen and oxygen atoms in total. The van der Waals surface area contributed by atoms with E-state index in [4.69, 9.17) is 15.3 Å². The average molecular weight is 210 g/mol. The molecule has 0 bridgehead atoms. The first-order chi connectivity index (χ1) is 7.15. The second-order valence-corrected chi connectivity index (χ2v) is 3.85. The summed E-state index contributed by atoms with van der Waals surface area (Å²) < 4.78 is 5.16. The SMILES string of the molecule is N[C@@H]1CCN(Cc2ccc(C(=O)O)o2)C1. The van der Waals surface area contributed by atoms with Gasteiger partial charge in [-0.15, -0.1) is 0 Å². The van der Waals surface area contributed by atoms with E-state index >= 15 is 0 Å². The Morgan fingerprint density at radius 3 is 3.00 bits per heavy atom. The Kier molecular flexibility index (Phi) is 2.75. The van der Waals surface area contributed by atoms with Crippen LogP contribution in [0.2, 0.25) is 0 Å². The number of hydrogen-bond donors (Lipinski definition) is 2. The van der Waals surface area contributed by atoms with Crippen molar-refractivity contribution in [3.63, 3.8) is 0 Å². The number of aromatic carboxylic acids is 1. The fourth-order valence-electron chi connectivity index (χ4n) is 1.80. The second-order valence-electron chi connectivity index (χ2n) is 3.85. The van der Waals surface area contributed by atoms with Crippen molar-refractivity contribution < 1.29 is 14.3 Å². The van der Waals surface area contributed by atoms with Gasteiger partial charge in [0.1, 0.15) is 5.76 Å². The molecule has 0 radical (unpaired) electrons. The van der Waals surface area contributed by atoms with E-state index in [9.17, 15) is 4.79 Å². The lowest BCUT2D eigenvalue weighted by Gasteiger charge is -2.12. The topological polar surface area (TPSA) is 79.7 Å². The highest BCUT2D eigenvalue weighted by atomic mass is 16.4. The highest BCUT2D eigenvalue weighted by molar-refractivity contribution is 5.84. The molecule has 0 aliphatic carbocycles. The minimum Gasteiger partial charge on any atom is -0.475 e. The Hall–Kier alpha value is -1.33. The first-order valence-corrected chi connectivity index (χ1v) is 4.95. The minimum atomic E-state index is -1.03. The van der Waals surface area contributed by atoms with E-state index in [0.29, 0.717) is 12.3 Å². The number of carboxylic acid groups (broad SMARTS) is 1. The van der Waals surface area contributed by atoms with Gasteiger partial charge in [-0.2, -0.15) is 0 Å². The molecule has 0 amide bonds. The highest BCUT2D eigenvalue weighted by Gasteiger charge is 2.20. The molecule has 2 rings (SSSR count). The van der Waals surface area contributed by atoms with Gasteiger partial charge in [-0.25, -0.2) is 4.79 Å². The van der Waals surface area contributed by atoms with Crippen LogP contribution < -0.4 is 5.73 Å². The zero-order valence-electron chi connectivity index (χ0n) is 8.35. The van der Waals surface area contributed by atoms with Crippen LogP contribution in [0.15, 0.2) is 16.5 Å². The minimum absolute atomic E-state index is 0.00602. The molecule has 0 aromatic carbocycles. The molecule has 1 aromatic heterocycles. The third kappa shape index (κ3) is 2.37. The van der Waals surface area contributed by atoms with E-state index in [1.165, 1.54) is 6.07 Å². The van der Waals surface area contributed by atoms with Gasteiger partial charge in [0.2, 0.25) is 5.76 Å². The maximum Gasteiger partial charge on any atom is 0.371 e. The van der Waals surface area contributed by atoms with Crippen molar-refractivity contribution in [2.75, 3.05) is 13.1 Å². The van der Waals surface area contributed by atoms with Crippen LogP contribution in [-0.4, -0.2) is 35.1 Å². The summed E-state index contributed by atoms with van der Waals surface area (Å²) in [5.41, 5.74) is 5.77. The monoisotopic (exact) mass is 210 g/mol. The summed E-state index contributed by atoms with van der Waals surface area (Å²) >= 11 is 0. The molecule has 2 heterocycles. The standard InChI is InChI=1S/C10H14N2O3/c11-7-3-4-12(5-7)6-8-1-2-9(15-8)10(13)14/h1-2,7H,3-6,11H2,(H,13,14)/t7-/m1/s1. The Labute approximate surface area is 87.5 Å². The smallest absolute Gasteiger partial charge is 0.371 e. The van der Waals surface area contributed by atoms with Crippen molar-refractivity contribution in [3.05, 3.63) is 23.7 Å². The van der Waals surface area contributed by atoms with Gasteiger partial charge in [-0.05, 0) is 18.6 Å². The average Bonchev–Trinajstić information content (AvgIpc) is 2.76. The molecule has 0 saturated carbocycles. The van der Waals surface area contributed by atoms with Gasteiger partial charge < -0.3 is 15.3 Å². The van der Waals surface area contributed by atoms with Crippen LogP contribution in [0.4, 0.5) is 0 Å². The third-order valence-electron chi connectivity index (χ3n) is 2.56. The van der Waals surface area contributed by atoms with Gasteiger partial charge in [0.05, 0.1) is 6.54 Å². The van der Waals surface area contributed by atoms with Crippen LogP contribution in [0.25, 0.3) is 0 Å². The maximum absolute atomic E-state index is 10.6. The van der Waals surface area contributed by atoms with Crippen molar-refractivity contribution in [3.8, 4) is 0 Å². The molecule has 1 fully saturated rings. The summed E-state index contributed by atoms with van der Waals surface area (Å²) in [6, 6.07) is 3.42. The van der Waals surface area contributed by atoms with E-state index in [1.807, 2.05) is 0 Å². The predicted molar refractivity (Wildman–Crippen MR) is 53.5 cm³/mol. The van der Waals surface area contributed by atoms with Crippen LogP contribution in [0.3, 0.4) is 0 Å². The molecular formula is C10H14N2O3. The van der Waals surface area contributed by atoms with E-state index in [2.05, 4.69) is 4.90 Å². The maximum atomic E-state index is 10.6. The van der Waals surface area contributed by atoms with Gasteiger partial charge in [0.15, 0.2) is 0 Å². The van der Waals surface area contributed by atoms with Crippen LogP contribution in [0.1, 0.15) is 22.7 Å². The summed E-state index contributed by atoms with van der Waals surface area (Å²) in [6.07, 6.45) is 0.993. The number of carbonyl (C=O) groups is 1. The summed E-state index contributed by atoms with van der Waals surface area (Å²) in [4.78, 5) is 12.7. The summed E-state index contributed by atoms with van der Waals surface area (Å²) in [7, 11) is 0. The molecule has 5 heteroatoms. The van der Waals surface area contributed by atoms with Crippen molar-refractivity contribution >= 4 is 5.97 Å². The summed E-state index contributed by atoms with van der Waals surface area (Å²) in [5.74, 6) is -0.352. The fraction of sp³-hybridized carbons (Fsp3) is 0.500. The van der Waals surface area contributed by atoms with Crippen LogP contribution in [0.5, 0.6) is 0 Å². The van der Waals surface area contributed by atoms with Crippen LogP contribution >= 0.6 is 0 Å². The number of nitrogens with two attached hydrogens (primary N) is 1. The quantitative estimate of drug-likeness (QED) is 0.759. The molecule has 0 unspecified atom stereocenters.